The van der Waals surface area contributed by atoms with Crippen LogP contribution in [0, 0.1) is 0 Å². The second-order valence-corrected chi connectivity index (χ2v) is 14.9. The van der Waals surface area contributed by atoms with Crippen molar-refractivity contribution in [2.24, 2.45) is 5.14 Å². The van der Waals surface area contributed by atoms with Crippen LogP contribution in [0.5, 0.6) is 0 Å². The molecule has 2 aromatic rings. The quantitative estimate of drug-likeness (QED) is 0.773. The third kappa shape index (κ3) is 4.34. The van der Waals surface area contributed by atoms with Crippen LogP contribution in [0.1, 0.15) is 38.0 Å². The Bertz CT molecular complexity index is 793. The summed E-state index contributed by atoms with van der Waals surface area (Å²) in [7, 11) is -5.74. The van der Waals surface area contributed by atoms with Crippen molar-refractivity contribution in [2.75, 3.05) is 0 Å². The molecule has 1 heterocycles. The number of benzene rings is 1. The number of thiophene rings is 1. The molecule has 0 amide bonds. The minimum atomic E-state index is -3.70. The van der Waals surface area contributed by atoms with E-state index in [1.54, 1.807) is 6.07 Å². The van der Waals surface area contributed by atoms with Gasteiger partial charge in [-0.2, -0.15) is 0 Å². The van der Waals surface area contributed by atoms with Crippen molar-refractivity contribution in [3.8, 4) is 0 Å². The lowest BCUT2D eigenvalue weighted by molar-refractivity contribution is 0.222. The Kier molecular flexibility index (Phi) is 5.42. The van der Waals surface area contributed by atoms with Crippen LogP contribution in [0.4, 0.5) is 0 Å². The zero-order valence-corrected chi connectivity index (χ0v) is 17.4. The normalized spacial score (nSPS) is 14.6. The van der Waals surface area contributed by atoms with Crippen LogP contribution in [0.25, 0.3) is 0 Å². The second kappa shape index (κ2) is 6.72. The lowest BCUT2D eigenvalue weighted by Gasteiger charge is -2.39. The molecule has 4 nitrogen and oxygen atoms in total. The van der Waals surface area contributed by atoms with Crippen LogP contribution in [0.2, 0.25) is 18.1 Å². The maximum absolute atomic E-state index is 11.6. The third-order valence-corrected chi connectivity index (χ3v) is 11.3. The van der Waals surface area contributed by atoms with Gasteiger partial charge in [-0.3, -0.25) is 0 Å². The molecule has 24 heavy (non-hydrogen) atoms. The van der Waals surface area contributed by atoms with Crippen molar-refractivity contribution in [3.63, 3.8) is 0 Å². The van der Waals surface area contributed by atoms with Crippen LogP contribution < -0.4 is 5.14 Å². The summed E-state index contributed by atoms with van der Waals surface area (Å²) in [4.78, 5) is 0. The summed E-state index contributed by atoms with van der Waals surface area (Å²) in [6.07, 6.45) is -0.293. The number of hydrogen-bond donors (Lipinski definition) is 1. The summed E-state index contributed by atoms with van der Waals surface area (Å²) in [5.74, 6) is 0. The first kappa shape index (κ1) is 19.3. The zero-order chi connectivity index (χ0) is 18.2. The van der Waals surface area contributed by atoms with Gasteiger partial charge in [-0.25, -0.2) is 13.6 Å². The van der Waals surface area contributed by atoms with Crippen molar-refractivity contribution in [1.82, 2.24) is 0 Å². The highest BCUT2D eigenvalue weighted by Crippen LogP contribution is 2.42. The van der Waals surface area contributed by atoms with Gasteiger partial charge in [-0.15, -0.1) is 11.3 Å². The average molecular weight is 384 g/mol. The number of rotatable bonds is 5. The maximum atomic E-state index is 11.6. The van der Waals surface area contributed by atoms with Crippen molar-refractivity contribution in [2.45, 2.75) is 49.2 Å². The summed E-state index contributed by atoms with van der Waals surface area (Å²) in [5.41, 5.74) is 1.85. The summed E-state index contributed by atoms with van der Waals surface area (Å²) in [6.45, 7) is 10.9. The highest BCUT2D eigenvalue weighted by molar-refractivity contribution is 7.91. The van der Waals surface area contributed by atoms with E-state index in [1.165, 1.54) is 0 Å². The largest absolute Gasteiger partial charge is 0.406 e. The molecule has 0 aliphatic heterocycles. The van der Waals surface area contributed by atoms with E-state index >= 15 is 0 Å². The van der Waals surface area contributed by atoms with E-state index in [-0.39, 0.29) is 15.4 Å². The highest BCUT2D eigenvalue weighted by atomic mass is 32.2. The lowest BCUT2D eigenvalue weighted by Crippen LogP contribution is -2.42. The Labute approximate surface area is 149 Å². The van der Waals surface area contributed by atoms with E-state index in [1.807, 2.05) is 35.7 Å². The molecule has 1 aromatic carbocycles. The maximum Gasteiger partial charge on any atom is 0.247 e. The van der Waals surface area contributed by atoms with Gasteiger partial charge in [0.2, 0.25) is 10.0 Å². The first-order chi connectivity index (χ1) is 10.9. The molecule has 2 rings (SSSR count). The predicted molar refractivity (Wildman–Crippen MR) is 102 cm³/mol. The highest BCUT2D eigenvalue weighted by Gasteiger charge is 2.40. The Balaban J connectivity index is 2.47. The average Bonchev–Trinajstić information content (AvgIpc) is 2.94. The first-order valence-corrected chi connectivity index (χ1v) is 13.1. The molecule has 7 heteroatoms. The van der Waals surface area contributed by atoms with Crippen molar-refractivity contribution in [3.05, 3.63) is 52.9 Å². The molecule has 0 saturated heterocycles. The number of nitrogens with two attached hydrogens (primary N) is 1. The second-order valence-electron chi connectivity index (χ2n) is 7.41. The van der Waals surface area contributed by atoms with E-state index in [9.17, 15) is 8.42 Å². The third-order valence-electron chi connectivity index (χ3n) is 4.50. The number of sulfonamides is 1. The molecular formula is C17H25NO3S2Si. The van der Waals surface area contributed by atoms with Crippen LogP contribution >= 0.6 is 11.3 Å². The van der Waals surface area contributed by atoms with Crippen LogP contribution in [0.3, 0.4) is 0 Å². The van der Waals surface area contributed by atoms with Crippen LogP contribution in [-0.4, -0.2) is 16.7 Å². The smallest absolute Gasteiger partial charge is 0.247 e. The fourth-order valence-corrected chi connectivity index (χ4v) is 4.89. The molecule has 132 valence electrons. The van der Waals surface area contributed by atoms with Crippen LogP contribution in [-0.2, 0) is 14.4 Å². The Hall–Kier alpha value is -0.993. The molecule has 0 saturated carbocycles. The molecule has 2 N–H and O–H groups in total. The minimum Gasteiger partial charge on any atom is -0.406 e. The van der Waals surface area contributed by atoms with Gasteiger partial charge in [0.15, 0.2) is 8.32 Å². The molecule has 0 aliphatic rings. The van der Waals surface area contributed by atoms with E-state index in [0.717, 1.165) is 22.5 Å². The first-order valence-electron chi connectivity index (χ1n) is 7.76. The van der Waals surface area contributed by atoms with Crippen molar-refractivity contribution < 1.29 is 12.8 Å². The molecule has 1 aromatic heterocycles. The van der Waals surface area contributed by atoms with Crippen LogP contribution in [0.15, 0.2) is 46.0 Å². The van der Waals surface area contributed by atoms with Gasteiger partial charge in [-0.1, -0.05) is 51.1 Å². The van der Waals surface area contributed by atoms with Gasteiger partial charge < -0.3 is 4.43 Å². The monoisotopic (exact) mass is 383 g/mol. The van der Waals surface area contributed by atoms with E-state index in [4.69, 9.17) is 9.56 Å². The lowest BCUT2D eigenvalue weighted by atomic mass is 10.1. The van der Waals surface area contributed by atoms with Gasteiger partial charge in [0, 0.05) is 0 Å². The summed E-state index contributed by atoms with van der Waals surface area (Å²) in [6, 6.07) is 11.5. The summed E-state index contributed by atoms with van der Waals surface area (Å²) >= 11 is 1.14. The predicted octanol–water partition coefficient (Wildman–Crippen LogP) is 4.51. The molecule has 0 bridgehead atoms. The zero-order valence-electron chi connectivity index (χ0n) is 14.7. The summed E-state index contributed by atoms with van der Waals surface area (Å²) in [5, 5.41) is 7.13. The van der Waals surface area contributed by atoms with Gasteiger partial charge in [0.25, 0.3) is 0 Å². The van der Waals surface area contributed by atoms with E-state index in [0.29, 0.717) is 0 Å². The van der Waals surface area contributed by atoms with E-state index in [2.05, 4.69) is 33.9 Å². The molecule has 0 aliphatic carbocycles. The standard InChI is InChI=1S/C17H25NO3S2Si/c1-17(2,3)24(4,5)21-16(13-9-7-6-8-10-13)14-11-15(22-12-14)23(18,19)20/h6-12,16H,1-5H3,(H2,18,19,20). The van der Waals surface area contributed by atoms with E-state index < -0.39 is 18.3 Å². The van der Waals surface area contributed by atoms with Crippen molar-refractivity contribution >= 4 is 29.7 Å². The fraction of sp³-hybridized carbons (Fsp3) is 0.412. The molecule has 0 fully saturated rings. The van der Waals surface area contributed by atoms with Gasteiger partial charge in [0.1, 0.15) is 4.21 Å². The Morgan fingerprint density at radius 2 is 1.71 bits per heavy atom. The minimum absolute atomic E-state index is 0.0544. The van der Waals surface area contributed by atoms with Gasteiger partial charge in [-0.05, 0) is 40.7 Å². The number of primary sulfonamides is 1. The Morgan fingerprint density at radius 3 is 2.17 bits per heavy atom. The van der Waals surface area contributed by atoms with Gasteiger partial charge >= 0.3 is 0 Å². The summed E-state index contributed by atoms with van der Waals surface area (Å²) < 4.78 is 30.0. The van der Waals surface area contributed by atoms with Crippen molar-refractivity contribution in [1.29, 1.82) is 0 Å². The number of hydrogen-bond acceptors (Lipinski definition) is 4. The molecule has 0 radical (unpaired) electrons. The van der Waals surface area contributed by atoms with Gasteiger partial charge in [0.05, 0.1) is 6.10 Å². The molecule has 1 atom stereocenters. The fourth-order valence-electron chi connectivity index (χ4n) is 2.04. The molecular weight excluding hydrogens is 358 g/mol. The topological polar surface area (TPSA) is 69.4 Å². The Morgan fingerprint density at radius 1 is 1.12 bits per heavy atom. The molecule has 1 unspecified atom stereocenters. The SMILES string of the molecule is CC(C)(C)[Si](C)(C)OC(c1ccccc1)c1csc(S(N)(=O)=O)c1. The molecule has 0 spiro atoms.